The molecule has 34 heavy (non-hydrogen) atoms. The summed E-state index contributed by atoms with van der Waals surface area (Å²) in [5.74, 6) is 0. The van der Waals surface area contributed by atoms with Crippen LogP contribution in [0, 0.1) is 0 Å². The van der Waals surface area contributed by atoms with Gasteiger partial charge in [0.1, 0.15) is 5.49 Å². The summed E-state index contributed by atoms with van der Waals surface area (Å²) in [5.41, 5.74) is 5.73. The third-order valence-corrected chi connectivity index (χ3v) is 7.24. The van der Waals surface area contributed by atoms with E-state index in [1.165, 1.54) is 26.6 Å². The van der Waals surface area contributed by atoms with E-state index >= 15 is 0 Å². The quantitative estimate of drug-likeness (QED) is 0.325. The van der Waals surface area contributed by atoms with Crippen LogP contribution in [-0.4, -0.2) is 43.7 Å². The molecule has 0 spiro atoms. The lowest BCUT2D eigenvalue weighted by atomic mass is 10.1. The minimum Gasteiger partial charge on any atom is -0.338 e. The van der Waals surface area contributed by atoms with E-state index in [0.717, 1.165) is 36.2 Å². The Morgan fingerprint density at radius 3 is 2.44 bits per heavy atom. The summed E-state index contributed by atoms with van der Waals surface area (Å²) in [6.07, 6.45) is 3.33. The van der Waals surface area contributed by atoms with Crippen LogP contribution in [-0.2, 0) is 0 Å². The first kappa shape index (κ1) is 22.5. The maximum atomic E-state index is 5.09. The summed E-state index contributed by atoms with van der Waals surface area (Å²) in [6.45, 7) is 1.82. The van der Waals surface area contributed by atoms with Gasteiger partial charge in [0.05, 0.1) is 16.2 Å². The van der Waals surface area contributed by atoms with Crippen molar-refractivity contribution in [1.29, 1.82) is 0 Å². The van der Waals surface area contributed by atoms with Gasteiger partial charge in [0.25, 0.3) is 0 Å². The standard InChI is InChI=1S/C29H30N4S/c1-31(2)19-11-18-30-28-20-22(21-29-32(3)26-16-9-10-17-27(26)34-29)24-14-7-8-15-25(24)33(28)23-12-5-4-6-13-23/h4-10,12-17,20-21H,11,18-19H2,1-3H3/b29-21-,30-28?. The van der Waals surface area contributed by atoms with Gasteiger partial charge in [-0.3, -0.25) is 9.56 Å². The number of pyridine rings is 1. The van der Waals surface area contributed by atoms with E-state index in [0.29, 0.717) is 0 Å². The van der Waals surface area contributed by atoms with Gasteiger partial charge in [-0.1, -0.05) is 60.3 Å². The number of hydrogen-bond acceptors (Lipinski definition) is 4. The molecule has 1 aliphatic heterocycles. The third kappa shape index (κ3) is 4.54. The van der Waals surface area contributed by atoms with Gasteiger partial charge in [-0.2, -0.15) is 0 Å². The number of benzene rings is 3. The first-order valence-corrected chi connectivity index (χ1v) is 12.5. The summed E-state index contributed by atoms with van der Waals surface area (Å²) in [5, 5.41) is 2.44. The molecule has 172 valence electrons. The first-order chi connectivity index (χ1) is 16.6. The summed E-state index contributed by atoms with van der Waals surface area (Å²) >= 11 is 1.82. The molecule has 0 bridgehead atoms. The number of rotatable bonds is 6. The average molecular weight is 467 g/mol. The zero-order valence-corrected chi connectivity index (χ0v) is 20.8. The van der Waals surface area contributed by atoms with E-state index in [2.05, 4.69) is 127 Å². The number of para-hydroxylation sites is 3. The number of aromatic nitrogens is 1. The second-order valence-corrected chi connectivity index (χ2v) is 9.86. The number of nitrogens with zero attached hydrogens (tertiary/aromatic N) is 4. The maximum absolute atomic E-state index is 5.09. The van der Waals surface area contributed by atoms with Crippen molar-refractivity contribution in [2.24, 2.45) is 4.99 Å². The van der Waals surface area contributed by atoms with Crippen molar-refractivity contribution < 1.29 is 0 Å². The van der Waals surface area contributed by atoms with Crippen LogP contribution in [0.3, 0.4) is 0 Å². The molecule has 2 heterocycles. The second kappa shape index (κ2) is 9.92. The molecule has 4 nitrogen and oxygen atoms in total. The Balaban J connectivity index is 1.67. The SMILES string of the molecule is CN(C)CCCN=c1cc(/C=C2\Sc3ccccc3N2C)c2ccccc2n1-c1ccccc1. The zero-order valence-electron chi connectivity index (χ0n) is 20.0. The summed E-state index contributed by atoms with van der Waals surface area (Å²) < 4.78 is 2.28. The highest BCUT2D eigenvalue weighted by Crippen LogP contribution is 2.45. The minimum absolute atomic E-state index is 0.791. The highest BCUT2D eigenvalue weighted by molar-refractivity contribution is 8.03. The van der Waals surface area contributed by atoms with E-state index in [1.807, 2.05) is 11.8 Å². The Hall–Kier alpha value is -3.28. The Kier molecular flexibility index (Phi) is 6.57. The van der Waals surface area contributed by atoms with Crippen LogP contribution < -0.4 is 10.4 Å². The van der Waals surface area contributed by atoms with Crippen molar-refractivity contribution >= 4 is 34.4 Å². The van der Waals surface area contributed by atoms with E-state index in [4.69, 9.17) is 4.99 Å². The van der Waals surface area contributed by atoms with Gasteiger partial charge in [-0.05, 0) is 75.1 Å². The zero-order chi connectivity index (χ0) is 23.5. The maximum Gasteiger partial charge on any atom is 0.133 e. The van der Waals surface area contributed by atoms with Gasteiger partial charge in [-0.15, -0.1) is 0 Å². The lowest BCUT2D eigenvalue weighted by Crippen LogP contribution is -2.22. The second-order valence-electron chi connectivity index (χ2n) is 8.80. The molecular weight excluding hydrogens is 436 g/mol. The van der Waals surface area contributed by atoms with Crippen LogP contribution in [0.1, 0.15) is 12.0 Å². The molecule has 0 fully saturated rings. The summed E-state index contributed by atoms with van der Waals surface area (Å²) in [6, 6.07) is 30.0. The predicted molar refractivity (Wildman–Crippen MR) is 146 cm³/mol. The molecule has 0 aliphatic carbocycles. The van der Waals surface area contributed by atoms with Gasteiger partial charge in [0.15, 0.2) is 0 Å². The Bertz CT molecular complexity index is 1400. The van der Waals surface area contributed by atoms with Crippen LogP contribution >= 0.6 is 11.8 Å². The summed E-state index contributed by atoms with van der Waals surface area (Å²) in [4.78, 5) is 10.9. The van der Waals surface area contributed by atoms with Crippen LogP contribution in [0.4, 0.5) is 5.69 Å². The lowest BCUT2D eigenvalue weighted by Gasteiger charge is -2.17. The molecule has 3 aromatic carbocycles. The topological polar surface area (TPSA) is 23.8 Å². The minimum atomic E-state index is 0.791. The molecule has 0 atom stereocenters. The number of anilines is 1. The fraction of sp³-hybridized carbons (Fsp3) is 0.207. The Morgan fingerprint density at radius 1 is 0.912 bits per heavy atom. The van der Waals surface area contributed by atoms with Crippen molar-refractivity contribution in [2.75, 3.05) is 39.1 Å². The van der Waals surface area contributed by atoms with E-state index in [9.17, 15) is 0 Å². The Morgan fingerprint density at radius 2 is 1.65 bits per heavy atom. The Labute approximate surface area is 205 Å². The molecular formula is C29H30N4S. The van der Waals surface area contributed by atoms with Gasteiger partial charge in [0.2, 0.25) is 0 Å². The molecule has 5 heteroatoms. The molecule has 0 saturated heterocycles. The highest BCUT2D eigenvalue weighted by atomic mass is 32.2. The van der Waals surface area contributed by atoms with Gasteiger partial charge >= 0.3 is 0 Å². The van der Waals surface area contributed by atoms with Gasteiger partial charge in [-0.25, -0.2) is 0 Å². The fourth-order valence-corrected chi connectivity index (χ4v) is 5.46. The van der Waals surface area contributed by atoms with E-state index in [-0.39, 0.29) is 0 Å². The van der Waals surface area contributed by atoms with Crippen LogP contribution in [0.15, 0.2) is 99.8 Å². The molecule has 0 amide bonds. The molecule has 1 aliphatic rings. The lowest BCUT2D eigenvalue weighted by molar-refractivity contribution is 0.402. The van der Waals surface area contributed by atoms with Crippen molar-refractivity contribution in [2.45, 2.75) is 11.3 Å². The van der Waals surface area contributed by atoms with Crippen molar-refractivity contribution in [3.05, 3.63) is 101 Å². The first-order valence-electron chi connectivity index (χ1n) is 11.7. The predicted octanol–water partition coefficient (Wildman–Crippen LogP) is 6.02. The highest BCUT2D eigenvalue weighted by Gasteiger charge is 2.21. The number of fused-ring (bicyclic) bond motifs is 2. The van der Waals surface area contributed by atoms with Gasteiger partial charge < -0.3 is 9.80 Å². The smallest absolute Gasteiger partial charge is 0.133 e. The van der Waals surface area contributed by atoms with Crippen LogP contribution in [0.5, 0.6) is 0 Å². The van der Waals surface area contributed by atoms with Crippen LogP contribution in [0.25, 0.3) is 22.7 Å². The third-order valence-electron chi connectivity index (χ3n) is 6.07. The average Bonchev–Trinajstić information content (AvgIpc) is 3.17. The summed E-state index contributed by atoms with van der Waals surface area (Å²) in [7, 11) is 6.36. The molecule has 4 aromatic rings. The van der Waals surface area contributed by atoms with E-state index < -0.39 is 0 Å². The van der Waals surface area contributed by atoms with Crippen molar-refractivity contribution in [3.8, 4) is 5.69 Å². The molecule has 1 aromatic heterocycles. The van der Waals surface area contributed by atoms with Gasteiger partial charge in [0, 0.05) is 29.6 Å². The van der Waals surface area contributed by atoms with Crippen LogP contribution in [0.2, 0.25) is 0 Å². The molecule has 0 N–H and O–H groups in total. The fourth-order valence-electron chi connectivity index (χ4n) is 4.36. The number of hydrogen-bond donors (Lipinski definition) is 0. The molecule has 0 unspecified atom stereocenters. The molecule has 5 rings (SSSR count). The largest absolute Gasteiger partial charge is 0.338 e. The monoisotopic (exact) mass is 466 g/mol. The number of thioether (sulfide) groups is 1. The molecule has 0 radical (unpaired) electrons. The normalized spacial score (nSPS) is 15.0. The van der Waals surface area contributed by atoms with Crippen molar-refractivity contribution in [1.82, 2.24) is 9.47 Å². The van der Waals surface area contributed by atoms with Crippen molar-refractivity contribution in [3.63, 3.8) is 0 Å². The molecule has 0 saturated carbocycles. The van der Waals surface area contributed by atoms with E-state index in [1.54, 1.807) is 0 Å².